The normalized spacial score (nSPS) is 18.6. The third-order valence-electron chi connectivity index (χ3n) is 4.36. The lowest BCUT2D eigenvalue weighted by Crippen LogP contribution is -2.11. The molecule has 1 fully saturated rings. The predicted molar refractivity (Wildman–Crippen MR) is 77.9 cm³/mol. The fourth-order valence-electron chi connectivity index (χ4n) is 3.29. The third kappa shape index (κ3) is 2.79. The van der Waals surface area contributed by atoms with Gasteiger partial charge in [0.15, 0.2) is 0 Å². The van der Waals surface area contributed by atoms with E-state index in [2.05, 4.69) is 11.1 Å². The zero-order chi connectivity index (χ0) is 13.1. The summed E-state index contributed by atoms with van der Waals surface area (Å²) in [6, 6.07) is 8.15. The van der Waals surface area contributed by atoms with Gasteiger partial charge in [0.25, 0.3) is 0 Å². The molecular weight excluding hydrogens is 234 g/mol. The quantitative estimate of drug-likeness (QED) is 0.890. The van der Waals surface area contributed by atoms with Gasteiger partial charge in [0.2, 0.25) is 0 Å². The Kier molecular flexibility index (Phi) is 3.79. The van der Waals surface area contributed by atoms with E-state index in [4.69, 9.17) is 0 Å². The second-order valence-corrected chi connectivity index (χ2v) is 5.70. The van der Waals surface area contributed by atoms with Crippen LogP contribution in [0.15, 0.2) is 36.7 Å². The van der Waals surface area contributed by atoms with Gasteiger partial charge in [-0.25, -0.2) is 0 Å². The van der Waals surface area contributed by atoms with E-state index in [0.29, 0.717) is 5.92 Å². The molecule has 1 heterocycles. The third-order valence-corrected chi connectivity index (χ3v) is 4.36. The second kappa shape index (κ2) is 5.70. The summed E-state index contributed by atoms with van der Waals surface area (Å²) in [6.07, 6.45) is 10.8. The standard InChI is InChI=1S/C17H21NO/c19-17(11-13-5-2-1-3-6-13)15-8-4-7-14-9-10-18-12-16(14)15/h4,7-10,12-13,17,19H,1-3,5-6,11H2. The number of hydrogen-bond acceptors (Lipinski definition) is 2. The summed E-state index contributed by atoms with van der Waals surface area (Å²) in [5.41, 5.74) is 1.04. The maximum atomic E-state index is 10.5. The Morgan fingerprint density at radius 1 is 1.16 bits per heavy atom. The lowest BCUT2D eigenvalue weighted by atomic mass is 9.83. The van der Waals surface area contributed by atoms with Gasteiger partial charge in [0, 0.05) is 17.8 Å². The Labute approximate surface area is 114 Å². The first-order valence-electron chi connectivity index (χ1n) is 7.35. The van der Waals surface area contributed by atoms with Crippen molar-refractivity contribution >= 4 is 10.8 Å². The first-order chi connectivity index (χ1) is 9.34. The molecule has 19 heavy (non-hydrogen) atoms. The van der Waals surface area contributed by atoms with Gasteiger partial charge in [-0.05, 0) is 29.4 Å². The Morgan fingerprint density at radius 3 is 2.84 bits per heavy atom. The molecule has 0 radical (unpaired) electrons. The molecule has 0 bridgehead atoms. The molecule has 0 spiro atoms. The number of benzene rings is 1. The Bertz CT molecular complexity index is 540. The summed E-state index contributed by atoms with van der Waals surface area (Å²) in [4.78, 5) is 4.19. The van der Waals surface area contributed by atoms with Crippen molar-refractivity contribution in [3.05, 3.63) is 42.2 Å². The number of aromatic nitrogens is 1. The monoisotopic (exact) mass is 255 g/mol. The minimum absolute atomic E-state index is 0.351. The van der Waals surface area contributed by atoms with Crippen LogP contribution >= 0.6 is 0 Å². The fourth-order valence-corrected chi connectivity index (χ4v) is 3.29. The van der Waals surface area contributed by atoms with Gasteiger partial charge in [-0.3, -0.25) is 4.98 Å². The number of aliphatic hydroxyl groups is 1. The van der Waals surface area contributed by atoms with Crippen molar-refractivity contribution in [2.45, 2.75) is 44.6 Å². The molecule has 3 rings (SSSR count). The maximum Gasteiger partial charge on any atom is 0.0799 e. The molecule has 1 N–H and O–H groups in total. The number of hydrogen-bond donors (Lipinski definition) is 1. The van der Waals surface area contributed by atoms with E-state index in [0.717, 1.165) is 22.8 Å². The molecule has 1 unspecified atom stereocenters. The highest BCUT2D eigenvalue weighted by atomic mass is 16.3. The average Bonchev–Trinajstić information content (AvgIpc) is 2.47. The second-order valence-electron chi connectivity index (χ2n) is 5.70. The van der Waals surface area contributed by atoms with Crippen molar-refractivity contribution in [1.82, 2.24) is 4.98 Å². The Balaban J connectivity index is 1.82. The smallest absolute Gasteiger partial charge is 0.0799 e. The lowest BCUT2D eigenvalue weighted by molar-refractivity contribution is 0.132. The molecule has 2 nitrogen and oxygen atoms in total. The van der Waals surface area contributed by atoms with Crippen molar-refractivity contribution in [2.24, 2.45) is 5.92 Å². The van der Waals surface area contributed by atoms with E-state index in [1.165, 1.54) is 32.1 Å². The van der Waals surface area contributed by atoms with E-state index >= 15 is 0 Å². The van der Waals surface area contributed by atoms with Gasteiger partial charge in [0.05, 0.1) is 6.10 Å². The largest absolute Gasteiger partial charge is 0.388 e. The number of fused-ring (bicyclic) bond motifs is 1. The van der Waals surface area contributed by atoms with Crippen molar-refractivity contribution in [3.63, 3.8) is 0 Å². The van der Waals surface area contributed by atoms with Crippen molar-refractivity contribution in [1.29, 1.82) is 0 Å². The van der Waals surface area contributed by atoms with Crippen LogP contribution in [0, 0.1) is 5.92 Å². The molecule has 1 aromatic heterocycles. The van der Waals surface area contributed by atoms with Gasteiger partial charge in [-0.1, -0.05) is 50.3 Å². The van der Waals surface area contributed by atoms with Crippen LogP contribution < -0.4 is 0 Å². The molecule has 1 aliphatic carbocycles. The van der Waals surface area contributed by atoms with E-state index in [-0.39, 0.29) is 6.10 Å². The molecule has 2 aromatic rings. The molecule has 0 saturated heterocycles. The van der Waals surface area contributed by atoms with Crippen LogP contribution in [0.2, 0.25) is 0 Å². The van der Waals surface area contributed by atoms with Crippen LogP contribution in [-0.2, 0) is 0 Å². The van der Waals surface area contributed by atoms with Crippen LogP contribution in [-0.4, -0.2) is 10.1 Å². The first kappa shape index (κ1) is 12.6. The van der Waals surface area contributed by atoms with Gasteiger partial charge < -0.3 is 5.11 Å². The highest BCUT2D eigenvalue weighted by Crippen LogP contribution is 2.33. The molecule has 1 aromatic carbocycles. The van der Waals surface area contributed by atoms with E-state index < -0.39 is 0 Å². The zero-order valence-corrected chi connectivity index (χ0v) is 11.3. The summed E-state index contributed by atoms with van der Waals surface area (Å²) in [5.74, 6) is 0.690. The molecule has 1 atom stereocenters. The van der Waals surface area contributed by atoms with Crippen LogP contribution in [0.5, 0.6) is 0 Å². The zero-order valence-electron chi connectivity index (χ0n) is 11.3. The summed E-state index contributed by atoms with van der Waals surface area (Å²) >= 11 is 0. The minimum atomic E-state index is -0.351. The number of pyridine rings is 1. The van der Waals surface area contributed by atoms with Gasteiger partial charge in [-0.15, -0.1) is 0 Å². The molecule has 2 heteroatoms. The maximum absolute atomic E-state index is 10.5. The number of rotatable bonds is 3. The molecular formula is C17H21NO. The van der Waals surface area contributed by atoms with Crippen LogP contribution in [0.25, 0.3) is 10.8 Å². The molecule has 0 aliphatic heterocycles. The molecule has 0 amide bonds. The minimum Gasteiger partial charge on any atom is -0.388 e. The molecule has 1 aliphatic rings. The van der Waals surface area contributed by atoms with Crippen LogP contribution in [0.4, 0.5) is 0 Å². The van der Waals surface area contributed by atoms with E-state index in [1.807, 2.05) is 24.4 Å². The predicted octanol–water partition coefficient (Wildman–Crippen LogP) is 4.24. The summed E-state index contributed by atoms with van der Waals surface area (Å²) in [6.45, 7) is 0. The van der Waals surface area contributed by atoms with Crippen molar-refractivity contribution in [2.75, 3.05) is 0 Å². The highest BCUT2D eigenvalue weighted by Gasteiger charge is 2.19. The Morgan fingerprint density at radius 2 is 2.00 bits per heavy atom. The topological polar surface area (TPSA) is 33.1 Å². The summed E-state index contributed by atoms with van der Waals surface area (Å²) in [5, 5.41) is 12.8. The Hall–Kier alpha value is -1.41. The number of aliphatic hydroxyl groups excluding tert-OH is 1. The van der Waals surface area contributed by atoms with E-state index in [9.17, 15) is 5.11 Å². The fraction of sp³-hybridized carbons (Fsp3) is 0.471. The van der Waals surface area contributed by atoms with Crippen LogP contribution in [0.1, 0.15) is 50.2 Å². The molecule has 100 valence electrons. The van der Waals surface area contributed by atoms with Gasteiger partial charge >= 0.3 is 0 Å². The first-order valence-corrected chi connectivity index (χ1v) is 7.35. The van der Waals surface area contributed by atoms with Crippen LogP contribution in [0.3, 0.4) is 0 Å². The van der Waals surface area contributed by atoms with Crippen molar-refractivity contribution < 1.29 is 5.11 Å². The summed E-state index contributed by atoms with van der Waals surface area (Å²) < 4.78 is 0. The van der Waals surface area contributed by atoms with E-state index in [1.54, 1.807) is 6.20 Å². The highest BCUT2D eigenvalue weighted by molar-refractivity contribution is 5.85. The summed E-state index contributed by atoms with van der Waals surface area (Å²) in [7, 11) is 0. The SMILES string of the molecule is OC(CC1CCCCC1)c1cccc2ccncc12. The average molecular weight is 255 g/mol. The lowest BCUT2D eigenvalue weighted by Gasteiger charge is -2.24. The molecule has 1 saturated carbocycles. The number of nitrogens with zero attached hydrogens (tertiary/aromatic N) is 1. The van der Waals surface area contributed by atoms with Gasteiger partial charge in [-0.2, -0.15) is 0 Å². The van der Waals surface area contributed by atoms with Gasteiger partial charge in [0.1, 0.15) is 0 Å². The van der Waals surface area contributed by atoms with Crippen molar-refractivity contribution in [3.8, 4) is 0 Å².